The van der Waals surface area contributed by atoms with Crippen LogP contribution in [0.25, 0.3) is 0 Å². The number of ether oxygens (including phenoxy) is 2. The van der Waals surface area contributed by atoms with Crippen LogP contribution in [0.3, 0.4) is 0 Å². The zero-order valence-electron chi connectivity index (χ0n) is 23.2. The van der Waals surface area contributed by atoms with E-state index in [1.165, 1.54) is 18.1 Å². The fourth-order valence-corrected chi connectivity index (χ4v) is 9.61. The second kappa shape index (κ2) is 8.38. The molecule has 1 unspecified atom stereocenters. The van der Waals surface area contributed by atoms with Crippen LogP contribution in [0, 0.1) is 34.0 Å². The third kappa shape index (κ3) is 3.76. The number of aliphatic hydroxyl groups excluding tert-OH is 2. The number of ketones is 1. The van der Waals surface area contributed by atoms with Gasteiger partial charge >= 0.3 is 5.97 Å². The Morgan fingerprint density at radius 3 is 2.44 bits per heavy atom. The summed E-state index contributed by atoms with van der Waals surface area (Å²) in [6.45, 7) is 14.8. The number of carbonyl (C=O) groups is 2. The molecule has 0 bridgehead atoms. The molecule has 1 heterocycles. The average Bonchev–Trinajstić information content (AvgIpc) is 3.25. The SMILES string of the molecule is CC(=O)O[C@@H](C[C@@H](C)C1=C2C[C@H](O)C3[C@](C)(CC[C@H]4C[C@H](O)C(=O)C[C@]34C)[C@@]2(C)CC1)[C@H]1OC1(C)C. The molecule has 0 aromatic heterocycles. The Kier molecular flexibility index (Phi) is 6.14. The van der Waals surface area contributed by atoms with Crippen molar-refractivity contribution in [2.45, 2.75) is 130 Å². The lowest BCUT2D eigenvalue weighted by Crippen LogP contribution is -2.64. The van der Waals surface area contributed by atoms with Gasteiger partial charge in [-0.05, 0) is 92.8 Å². The number of hydrogen-bond acceptors (Lipinski definition) is 6. The number of Topliss-reactive ketones (excluding diaryl/α,β-unsaturated/α-hetero) is 1. The zero-order chi connectivity index (χ0) is 26.4. The highest BCUT2D eigenvalue weighted by atomic mass is 16.6. The minimum Gasteiger partial charge on any atom is -0.460 e. The number of esters is 1. The van der Waals surface area contributed by atoms with Gasteiger partial charge in [-0.2, -0.15) is 0 Å². The van der Waals surface area contributed by atoms with Gasteiger partial charge in [0.25, 0.3) is 0 Å². The molecule has 202 valence electrons. The van der Waals surface area contributed by atoms with Gasteiger partial charge in [0.2, 0.25) is 0 Å². The van der Waals surface area contributed by atoms with Gasteiger partial charge < -0.3 is 19.7 Å². The number of fused-ring (bicyclic) bond motifs is 5. The van der Waals surface area contributed by atoms with E-state index in [2.05, 4.69) is 27.7 Å². The molecule has 5 rings (SSSR count). The quantitative estimate of drug-likeness (QED) is 0.320. The van der Waals surface area contributed by atoms with E-state index in [1.807, 2.05) is 13.8 Å². The van der Waals surface area contributed by atoms with E-state index < -0.39 is 12.2 Å². The number of rotatable bonds is 5. The number of carbonyl (C=O) groups excluding carboxylic acids is 2. The number of aliphatic hydroxyl groups is 2. The summed E-state index contributed by atoms with van der Waals surface area (Å²) in [5.41, 5.74) is 2.16. The third-order valence-corrected chi connectivity index (χ3v) is 11.7. The first-order valence-corrected chi connectivity index (χ1v) is 14.1. The molecule has 6 nitrogen and oxygen atoms in total. The molecule has 6 heteroatoms. The molecule has 3 saturated carbocycles. The van der Waals surface area contributed by atoms with Crippen molar-refractivity contribution in [2.75, 3.05) is 0 Å². The molecule has 2 N–H and O–H groups in total. The van der Waals surface area contributed by atoms with E-state index in [0.29, 0.717) is 19.3 Å². The summed E-state index contributed by atoms with van der Waals surface area (Å²) in [6.07, 6.45) is 4.67. The predicted octanol–water partition coefficient (Wildman–Crippen LogP) is 4.75. The Labute approximate surface area is 216 Å². The summed E-state index contributed by atoms with van der Waals surface area (Å²) in [5, 5.41) is 22.1. The van der Waals surface area contributed by atoms with Crippen LogP contribution in [0.4, 0.5) is 0 Å². The van der Waals surface area contributed by atoms with Gasteiger partial charge in [-0.25, -0.2) is 0 Å². The van der Waals surface area contributed by atoms with Crippen molar-refractivity contribution in [1.82, 2.24) is 0 Å². The van der Waals surface area contributed by atoms with E-state index >= 15 is 0 Å². The lowest BCUT2D eigenvalue weighted by Gasteiger charge is -2.67. The van der Waals surface area contributed by atoms with E-state index in [0.717, 1.165) is 32.1 Å². The second-order valence-electron chi connectivity index (χ2n) is 14.1. The first-order chi connectivity index (χ1) is 16.6. The van der Waals surface area contributed by atoms with Crippen LogP contribution in [0.15, 0.2) is 11.1 Å². The van der Waals surface area contributed by atoms with Gasteiger partial charge in [0.15, 0.2) is 5.78 Å². The Balaban J connectivity index is 1.45. The first kappa shape index (κ1) is 26.4. The zero-order valence-corrected chi connectivity index (χ0v) is 23.2. The topological polar surface area (TPSA) is 96.4 Å². The Hall–Kier alpha value is -1.24. The monoisotopic (exact) mass is 502 g/mol. The minimum absolute atomic E-state index is 0.0279. The molecule has 4 fully saturated rings. The van der Waals surface area contributed by atoms with Gasteiger partial charge in [0, 0.05) is 13.3 Å². The summed E-state index contributed by atoms with van der Waals surface area (Å²) in [7, 11) is 0. The van der Waals surface area contributed by atoms with Crippen molar-refractivity contribution in [3.05, 3.63) is 11.1 Å². The lowest BCUT2D eigenvalue weighted by atomic mass is 9.38. The summed E-state index contributed by atoms with van der Waals surface area (Å²) < 4.78 is 11.6. The second-order valence-corrected chi connectivity index (χ2v) is 14.1. The molecule has 0 radical (unpaired) electrons. The fraction of sp³-hybridized carbons (Fsp3) is 0.867. The summed E-state index contributed by atoms with van der Waals surface area (Å²) >= 11 is 0. The highest BCUT2D eigenvalue weighted by Crippen LogP contribution is 2.72. The van der Waals surface area contributed by atoms with Crippen molar-refractivity contribution >= 4 is 11.8 Å². The van der Waals surface area contributed by atoms with Crippen molar-refractivity contribution in [1.29, 1.82) is 0 Å². The molecule has 10 atom stereocenters. The van der Waals surface area contributed by atoms with Gasteiger partial charge in [-0.1, -0.05) is 38.8 Å². The van der Waals surface area contributed by atoms with Crippen molar-refractivity contribution in [3.63, 3.8) is 0 Å². The van der Waals surface area contributed by atoms with E-state index in [9.17, 15) is 19.8 Å². The van der Waals surface area contributed by atoms with Crippen LogP contribution in [-0.4, -0.2) is 52.0 Å². The van der Waals surface area contributed by atoms with E-state index in [4.69, 9.17) is 9.47 Å². The van der Waals surface area contributed by atoms with Gasteiger partial charge in [-0.15, -0.1) is 0 Å². The average molecular weight is 503 g/mol. The molecule has 0 amide bonds. The molecule has 4 aliphatic carbocycles. The van der Waals surface area contributed by atoms with Crippen molar-refractivity contribution in [2.24, 2.45) is 34.0 Å². The van der Waals surface area contributed by atoms with Gasteiger partial charge in [0.05, 0.1) is 11.7 Å². The van der Waals surface area contributed by atoms with Gasteiger partial charge in [0.1, 0.15) is 18.3 Å². The highest BCUT2D eigenvalue weighted by Gasteiger charge is 2.67. The largest absolute Gasteiger partial charge is 0.460 e. The maximum Gasteiger partial charge on any atom is 0.302 e. The molecule has 0 aromatic rings. The maximum absolute atomic E-state index is 12.7. The fourth-order valence-electron chi connectivity index (χ4n) is 9.61. The molecule has 0 aromatic carbocycles. The Bertz CT molecular complexity index is 984. The molecule has 0 spiro atoms. The van der Waals surface area contributed by atoms with Crippen LogP contribution in [0.1, 0.15) is 99.8 Å². The maximum atomic E-state index is 12.7. The van der Waals surface area contributed by atoms with Crippen LogP contribution in [-0.2, 0) is 19.1 Å². The number of hydrogen-bond donors (Lipinski definition) is 2. The highest BCUT2D eigenvalue weighted by molar-refractivity contribution is 5.84. The van der Waals surface area contributed by atoms with Crippen LogP contribution in [0.2, 0.25) is 0 Å². The number of allylic oxidation sites excluding steroid dienone is 1. The molecule has 5 aliphatic rings. The van der Waals surface area contributed by atoms with Crippen molar-refractivity contribution < 1.29 is 29.3 Å². The standard InChI is InChI=1S/C30H46O6/c1-16(12-24(35-17(2)31)26-27(3,4)36-26)19-9-11-29(6)20(19)14-22(33)25-28(5)15-23(34)21(32)13-18(28)8-10-30(25,29)7/h16,18,21-22,24-26,32-33H,8-15H2,1-7H3/t16-,18+,21+,22+,24+,25?,26-,28+,29+,30+/m1/s1. The smallest absolute Gasteiger partial charge is 0.302 e. The van der Waals surface area contributed by atoms with Crippen LogP contribution in [0.5, 0.6) is 0 Å². The molecule has 1 aliphatic heterocycles. The Morgan fingerprint density at radius 1 is 1.17 bits per heavy atom. The Morgan fingerprint density at radius 2 is 1.83 bits per heavy atom. The summed E-state index contributed by atoms with van der Waals surface area (Å²) in [6, 6.07) is 0. The minimum atomic E-state index is -0.844. The molecule has 36 heavy (non-hydrogen) atoms. The van der Waals surface area contributed by atoms with Crippen LogP contribution >= 0.6 is 0 Å². The van der Waals surface area contributed by atoms with Crippen molar-refractivity contribution in [3.8, 4) is 0 Å². The van der Waals surface area contributed by atoms with E-state index in [-0.39, 0.29) is 63.6 Å². The van der Waals surface area contributed by atoms with Crippen LogP contribution < -0.4 is 0 Å². The first-order valence-electron chi connectivity index (χ1n) is 14.1. The lowest BCUT2D eigenvalue weighted by molar-refractivity contribution is -0.196. The predicted molar refractivity (Wildman–Crippen MR) is 136 cm³/mol. The summed E-state index contributed by atoms with van der Waals surface area (Å²) in [5.74, 6) is 0.223. The summed E-state index contributed by atoms with van der Waals surface area (Å²) in [4.78, 5) is 24.5. The molecular weight excluding hydrogens is 456 g/mol. The molecule has 1 saturated heterocycles. The normalized spacial score (nSPS) is 46.9. The van der Waals surface area contributed by atoms with Gasteiger partial charge in [-0.3, -0.25) is 9.59 Å². The number of epoxide rings is 1. The third-order valence-electron chi connectivity index (χ3n) is 11.7. The van der Waals surface area contributed by atoms with E-state index in [1.54, 1.807) is 0 Å². The molecular formula is C30H46O6.